The normalized spacial score (nSPS) is 31.2. The molecule has 3 rings (SSSR count). The Hall–Kier alpha value is -1.70. The zero-order valence-electron chi connectivity index (χ0n) is 12.1. The molecule has 0 N–H and O–H groups in total. The Morgan fingerprint density at radius 1 is 1.43 bits per heavy atom. The lowest BCUT2D eigenvalue weighted by atomic mass is 9.98. The minimum absolute atomic E-state index is 0.0196. The van der Waals surface area contributed by atoms with Crippen LogP contribution < -0.4 is 0 Å². The Morgan fingerprint density at radius 2 is 2.19 bits per heavy atom. The van der Waals surface area contributed by atoms with Crippen LogP contribution >= 0.6 is 0 Å². The highest BCUT2D eigenvalue weighted by atomic mass is 16.7. The van der Waals surface area contributed by atoms with Crippen molar-refractivity contribution in [2.24, 2.45) is 22.9 Å². The average Bonchev–Trinajstić information content (AvgIpc) is 3.11. The van der Waals surface area contributed by atoms with Crippen LogP contribution in [0, 0.1) is 27.9 Å². The van der Waals surface area contributed by atoms with E-state index in [9.17, 15) is 14.9 Å². The van der Waals surface area contributed by atoms with Crippen LogP contribution in [0.1, 0.15) is 19.8 Å². The molecule has 2 saturated heterocycles. The van der Waals surface area contributed by atoms with Crippen molar-refractivity contribution >= 4 is 11.9 Å². The third kappa shape index (κ3) is 2.99. The van der Waals surface area contributed by atoms with Gasteiger partial charge in [0.2, 0.25) is 5.91 Å². The van der Waals surface area contributed by atoms with Crippen LogP contribution in [-0.4, -0.2) is 59.5 Å². The van der Waals surface area contributed by atoms with E-state index in [-0.39, 0.29) is 17.8 Å². The summed E-state index contributed by atoms with van der Waals surface area (Å²) in [4.78, 5) is 26.3. The molecular weight excluding hydrogens is 276 g/mol. The Bertz CT molecular complexity index is 477. The van der Waals surface area contributed by atoms with Crippen LogP contribution in [0.5, 0.6) is 0 Å². The minimum Gasteiger partial charge on any atom is -0.381 e. The number of nitro groups is 1. The summed E-state index contributed by atoms with van der Waals surface area (Å²) in [6, 6.07) is 0. The maximum atomic E-state index is 12.2. The molecule has 0 aromatic rings. The van der Waals surface area contributed by atoms with Gasteiger partial charge in [0.15, 0.2) is 5.03 Å². The molecule has 0 aromatic carbocycles. The van der Waals surface area contributed by atoms with Crippen molar-refractivity contribution in [3.8, 4) is 0 Å². The first-order valence-corrected chi connectivity index (χ1v) is 7.43. The van der Waals surface area contributed by atoms with E-state index in [0.717, 1.165) is 19.4 Å². The zero-order chi connectivity index (χ0) is 15.0. The third-order valence-electron chi connectivity index (χ3n) is 4.45. The summed E-state index contributed by atoms with van der Waals surface area (Å²) >= 11 is 0. The molecule has 0 bridgehead atoms. The molecule has 2 heterocycles. The summed E-state index contributed by atoms with van der Waals surface area (Å²) in [6.45, 7) is 5.26. The van der Waals surface area contributed by atoms with Gasteiger partial charge in [-0.1, -0.05) is 6.92 Å². The Labute approximate surface area is 122 Å². The van der Waals surface area contributed by atoms with Gasteiger partial charge in [0.05, 0.1) is 6.61 Å². The van der Waals surface area contributed by atoms with Gasteiger partial charge >= 0.3 is 0 Å². The van der Waals surface area contributed by atoms with Gasteiger partial charge in [-0.3, -0.25) is 9.69 Å². The number of rotatable bonds is 4. The second-order valence-electron chi connectivity index (χ2n) is 6.12. The van der Waals surface area contributed by atoms with Crippen molar-refractivity contribution in [3.05, 3.63) is 10.1 Å². The van der Waals surface area contributed by atoms with E-state index in [4.69, 9.17) is 4.74 Å². The predicted molar refractivity (Wildman–Crippen MR) is 73.9 cm³/mol. The second kappa shape index (κ2) is 5.59. The number of hydrogen-bond donors (Lipinski definition) is 0. The molecular formula is C13H20N4O4. The lowest BCUT2D eigenvalue weighted by Crippen LogP contribution is -2.41. The summed E-state index contributed by atoms with van der Waals surface area (Å²) in [5.41, 5.74) is 0. The molecule has 116 valence electrons. The number of hydrogen-bond acceptors (Lipinski definition) is 4. The van der Waals surface area contributed by atoms with Gasteiger partial charge in [0.25, 0.3) is 5.96 Å². The van der Waals surface area contributed by atoms with Crippen molar-refractivity contribution in [3.63, 3.8) is 0 Å². The fourth-order valence-electron chi connectivity index (χ4n) is 2.94. The van der Waals surface area contributed by atoms with Crippen LogP contribution in [0.15, 0.2) is 5.10 Å². The minimum atomic E-state index is -0.713. The molecule has 1 aliphatic carbocycles. The van der Waals surface area contributed by atoms with E-state index in [1.54, 1.807) is 0 Å². The number of hydrazone groups is 1. The predicted octanol–water partition coefficient (Wildman–Crippen LogP) is 0.371. The van der Waals surface area contributed by atoms with Crippen LogP contribution in [-0.2, 0) is 9.53 Å². The van der Waals surface area contributed by atoms with Gasteiger partial charge in [0, 0.05) is 38.1 Å². The molecule has 2 atom stereocenters. The molecule has 1 saturated carbocycles. The van der Waals surface area contributed by atoms with Crippen molar-refractivity contribution in [2.75, 3.05) is 32.8 Å². The highest BCUT2D eigenvalue weighted by molar-refractivity contribution is 5.99. The lowest BCUT2D eigenvalue weighted by Gasteiger charge is -2.23. The molecule has 0 radical (unpaired) electrons. The summed E-state index contributed by atoms with van der Waals surface area (Å²) < 4.78 is 5.44. The molecule has 1 amide bonds. The van der Waals surface area contributed by atoms with Crippen molar-refractivity contribution in [1.29, 1.82) is 0 Å². The number of carbonyl (C=O) groups is 1. The molecule has 2 aliphatic heterocycles. The van der Waals surface area contributed by atoms with Gasteiger partial charge in [0.1, 0.15) is 5.10 Å². The first-order valence-electron chi connectivity index (χ1n) is 7.43. The molecule has 21 heavy (non-hydrogen) atoms. The van der Waals surface area contributed by atoms with E-state index < -0.39 is 5.03 Å². The van der Waals surface area contributed by atoms with Gasteiger partial charge in [-0.15, -0.1) is 0 Å². The Balaban J connectivity index is 1.73. The summed E-state index contributed by atoms with van der Waals surface area (Å²) in [5, 5.41) is 13.5. The van der Waals surface area contributed by atoms with E-state index in [1.807, 2.05) is 4.90 Å². The van der Waals surface area contributed by atoms with Crippen LogP contribution in [0.4, 0.5) is 0 Å². The van der Waals surface area contributed by atoms with Crippen LogP contribution in [0.2, 0.25) is 0 Å². The summed E-state index contributed by atoms with van der Waals surface area (Å²) in [6.07, 6.45) is 1.77. The lowest BCUT2D eigenvalue weighted by molar-refractivity contribution is -0.486. The fraction of sp³-hybridized carbons (Fsp3) is 0.846. The number of ether oxygens (including phenoxy) is 1. The molecule has 2 unspecified atom stereocenters. The fourth-order valence-corrected chi connectivity index (χ4v) is 2.94. The number of guanidine groups is 1. The molecule has 0 aromatic heterocycles. The van der Waals surface area contributed by atoms with Gasteiger partial charge in [-0.2, -0.15) is 0 Å². The monoisotopic (exact) mass is 296 g/mol. The van der Waals surface area contributed by atoms with E-state index in [2.05, 4.69) is 12.0 Å². The number of nitrogens with zero attached hydrogens (tertiary/aromatic N) is 4. The Kier molecular flexibility index (Phi) is 3.79. The summed E-state index contributed by atoms with van der Waals surface area (Å²) in [7, 11) is 0. The molecule has 3 aliphatic rings. The standard InChI is InChI=1S/C13H20N4O4/c1-9-7-21-8-11(9)6-15-4-5-16(12(18)10-2-3-10)13(15)14-17(19)20/h9-11H,2-8H2,1H3. The highest BCUT2D eigenvalue weighted by Crippen LogP contribution is 2.32. The molecule has 3 fully saturated rings. The van der Waals surface area contributed by atoms with Crippen LogP contribution in [0.25, 0.3) is 0 Å². The maximum absolute atomic E-state index is 12.2. The second-order valence-corrected chi connectivity index (χ2v) is 6.12. The maximum Gasteiger partial charge on any atom is 0.280 e. The highest BCUT2D eigenvalue weighted by Gasteiger charge is 2.42. The first-order chi connectivity index (χ1) is 10.1. The average molecular weight is 296 g/mol. The van der Waals surface area contributed by atoms with Crippen molar-refractivity contribution in [1.82, 2.24) is 9.80 Å². The van der Waals surface area contributed by atoms with Crippen LogP contribution in [0.3, 0.4) is 0 Å². The third-order valence-corrected chi connectivity index (χ3v) is 4.45. The van der Waals surface area contributed by atoms with E-state index >= 15 is 0 Å². The largest absolute Gasteiger partial charge is 0.381 e. The van der Waals surface area contributed by atoms with Gasteiger partial charge in [-0.05, 0) is 18.8 Å². The SMILES string of the molecule is CC1COCC1CN1CCN(C(=O)C2CC2)C1=N[N+](=O)[O-]. The Morgan fingerprint density at radius 3 is 2.76 bits per heavy atom. The van der Waals surface area contributed by atoms with Crippen molar-refractivity contribution < 1.29 is 14.6 Å². The van der Waals surface area contributed by atoms with E-state index in [1.165, 1.54) is 4.90 Å². The van der Waals surface area contributed by atoms with Crippen molar-refractivity contribution in [2.45, 2.75) is 19.8 Å². The first kappa shape index (κ1) is 14.2. The number of carbonyl (C=O) groups excluding carboxylic acids is 1. The molecule has 8 heteroatoms. The molecule has 0 spiro atoms. The summed E-state index contributed by atoms with van der Waals surface area (Å²) in [5.74, 6) is 0.980. The number of amides is 1. The van der Waals surface area contributed by atoms with E-state index in [0.29, 0.717) is 38.1 Å². The quantitative estimate of drug-likeness (QED) is 0.552. The zero-order valence-corrected chi connectivity index (χ0v) is 12.1. The topological polar surface area (TPSA) is 88.3 Å². The molecule has 8 nitrogen and oxygen atoms in total. The van der Waals surface area contributed by atoms with Gasteiger partial charge < -0.3 is 9.64 Å². The van der Waals surface area contributed by atoms with Gasteiger partial charge in [-0.25, -0.2) is 10.1 Å². The smallest absolute Gasteiger partial charge is 0.280 e.